The van der Waals surface area contributed by atoms with E-state index in [2.05, 4.69) is 13.0 Å². The highest BCUT2D eigenvalue weighted by Gasteiger charge is 2.22. The van der Waals surface area contributed by atoms with Crippen LogP contribution in [0.25, 0.3) is 0 Å². The summed E-state index contributed by atoms with van der Waals surface area (Å²) in [7, 11) is 0. The van der Waals surface area contributed by atoms with Crippen LogP contribution in [0.4, 0.5) is 0 Å². The van der Waals surface area contributed by atoms with E-state index >= 15 is 0 Å². The van der Waals surface area contributed by atoms with E-state index in [4.69, 9.17) is 0 Å². The molecule has 2 rings (SSSR count). The first-order valence-electron chi connectivity index (χ1n) is 5.97. The molecule has 1 fully saturated rings. The Balaban J connectivity index is 2.00. The summed E-state index contributed by atoms with van der Waals surface area (Å²) in [4.78, 5) is 0. The summed E-state index contributed by atoms with van der Waals surface area (Å²) in [5.41, 5.74) is 2.60. The maximum atomic E-state index is 12.5. The van der Waals surface area contributed by atoms with Gasteiger partial charge in [0.25, 0.3) is 0 Å². The molecule has 1 aromatic carbocycles. The third-order valence-electron chi connectivity index (χ3n) is 3.40. The third kappa shape index (κ3) is 2.71. The number of allylic oxidation sites excluding steroid dienone is 1. The molecule has 0 aromatic heterocycles. The van der Waals surface area contributed by atoms with Gasteiger partial charge in [0.2, 0.25) is 0 Å². The summed E-state index contributed by atoms with van der Waals surface area (Å²) in [5.74, 6) is 0. The number of benzene rings is 1. The molecule has 1 saturated heterocycles. The maximum absolute atomic E-state index is 12.5. The van der Waals surface area contributed by atoms with Crippen molar-refractivity contribution < 1.29 is 4.65 Å². The predicted molar refractivity (Wildman–Crippen MR) is 66.5 cm³/mol. The third-order valence-corrected chi connectivity index (χ3v) is 3.40. The minimum Gasteiger partial charge on any atom is -0.633 e. The lowest BCUT2D eigenvalue weighted by molar-refractivity contribution is -0.896. The zero-order valence-corrected chi connectivity index (χ0v) is 9.86. The van der Waals surface area contributed by atoms with Crippen molar-refractivity contribution in [2.45, 2.75) is 26.3 Å². The van der Waals surface area contributed by atoms with Gasteiger partial charge in [-0.1, -0.05) is 42.0 Å². The van der Waals surface area contributed by atoms with Gasteiger partial charge in [0.1, 0.15) is 6.54 Å². The maximum Gasteiger partial charge on any atom is 0.104 e. The van der Waals surface area contributed by atoms with Gasteiger partial charge in [-0.05, 0) is 6.92 Å². The fourth-order valence-corrected chi connectivity index (χ4v) is 2.29. The van der Waals surface area contributed by atoms with Gasteiger partial charge in [-0.3, -0.25) is 0 Å². The van der Waals surface area contributed by atoms with E-state index in [-0.39, 0.29) is 4.65 Å². The molecule has 1 aromatic rings. The quantitative estimate of drug-likeness (QED) is 0.423. The molecule has 0 amide bonds. The number of hydrogen-bond acceptors (Lipinski definition) is 1. The number of hydrogen-bond donors (Lipinski definition) is 0. The standard InChI is InChI=1S/C14H19NO/c1-2-13-8-10-15(16,11-9-13)12-14-6-4-3-5-7-14/h2-7H,8-12H2,1H3. The van der Waals surface area contributed by atoms with Gasteiger partial charge in [0.05, 0.1) is 13.1 Å². The van der Waals surface area contributed by atoms with Crippen LogP contribution in [0, 0.1) is 5.21 Å². The van der Waals surface area contributed by atoms with Crippen molar-refractivity contribution in [3.05, 3.63) is 52.8 Å². The van der Waals surface area contributed by atoms with E-state index < -0.39 is 0 Å². The van der Waals surface area contributed by atoms with Crippen LogP contribution in [0.5, 0.6) is 0 Å². The summed E-state index contributed by atoms with van der Waals surface area (Å²) in [6.07, 6.45) is 4.09. The lowest BCUT2D eigenvalue weighted by atomic mass is 10.0. The fourth-order valence-electron chi connectivity index (χ4n) is 2.29. The number of nitrogens with zero attached hydrogens (tertiary/aromatic N) is 1. The smallest absolute Gasteiger partial charge is 0.104 e. The fraction of sp³-hybridized carbons (Fsp3) is 0.429. The largest absolute Gasteiger partial charge is 0.633 e. The Morgan fingerprint density at radius 1 is 1.19 bits per heavy atom. The lowest BCUT2D eigenvalue weighted by Gasteiger charge is -2.46. The normalized spacial score (nSPS) is 25.5. The van der Waals surface area contributed by atoms with E-state index in [1.807, 2.05) is 30.3 Å². The van der Waals surface area contributed by atoms with Crippen LogP contribution in [0.15, 0.2) is 42.0 Å². The Bertz CT molecular complexity index is 360. The van der Waals surface area contributed by atoms with Crippen LogP contribution < -0.4 is 0 Å². The average molecular weight is 217 g/mol. The second kappa shape index (κ2) is 4.81. The molecule has 0 N–H and O–H groups in total. The highest BCUT2D eigenvalue weighted by atomic mass is 16.5. The summed E-state index contributed by atoms with van der Waals surface area (Å²) in [6.45, 7) is 4.15. The zero-order chi connectivity index (χ0) is 11.4. The van der Waals surface area contributed by atoms with Gasteiger partial charge >= 0.3 is 0 Å². The van der Waals surface area contributed by atoms with Gasteiger partial charge in [-0.2, -0.15) is 0 Å². The SMILES string of the molecule is CC=C1CC[N+]([O-])(Cc2ccccc2)CC1. The van der Waals surface area contributed by atoms with Crippen LogP contribution in [0.1, 0.15) is 25.3 Å². The zero-order valence-electron chi connectivity index (χ0n) is 9.86. The molecular formula is C14H19NO. The van der Waals surface area contributed by atoms with Crippen LogP contribution in [0.3, 0.4) is 0 Å². The van der Waals surface area contributed by atoms with Crippen molar-refractivity contribution in [1.82, 2.24) is 0 Å². The number of likely N-dealkylation sites (tertiary alicyclic amines) is 1. The molecule has 2 heteroatoms. The van der Waals surface area contributed by atoms with Crippen LogP contribution in [0.2, 0.25) is 0 Å². The van der Waals surface area contributed by atoms with Gasteiger partial charge in [0.15, 0.2) is 0 Å². The number of hydroxylamine groups is 3. The van der Waals surface area contributed by atoms with Crippen LogP contribution in [-0.4, -0.2) is 17.7 Å². The first-order valence-corrected chi connectivity index (χ1v) is 5.97. The van der Waals surface area contributed by atoms with Gasteiger partial charge in [0, 0.05) is 18.4 Å². The Morgan fingerprint density at radius 3 is 2.38 bits per heavy atom. The molecule has 0 aliphatic carbocycles. The number of rotatable bonds is 2. The van der Waals surface area contributed by atoms with E-state index in [1.54, 1.807) is 0 Å². The van der Waals surface area contributed by atoms with Gasteiger partial charge in [-0.15, -0.1) is 0 Å². The Hall–Kier alpha value is -1.12. The molecule has 0 radical (unpaired) electrons. The minimum atomic E-state index is -0.0542. The first kappa shape index (κ1) is 11.4. The summed E-state index contributed by atoms with van der Waals surface area (Å²) in [6, 6.07) is 10.1. The van der Waals surface area contributed by atoms with Crippen LogP contribution in [-0.2, 0) is 6.54 Å². The molecule has 0 saturated carbocycles. The highest BCUT2D eigenvalue weighted by molar-refractivity contribution is 5.13. The lowest BCUT2D eigenvalue weighted by Crippen LogP contribution is -2.45. The van der Waals surface area contributed by atoms with Crippen molar-refractivity contribution in [3.63, 3.8) is 0 Å². The molecule has 0 spiro atoms. The molecule has 0 atom stereocenters. The predicted octanol–water partition coefficient (Wildman–Crippen LogP) is 3.24. The number of piperidine rings is 1. The molecule has 1 aliphatic rings. The van der Waals surface area contributed by atoms with Crippen molar-refractivity contribution in [2.75, 3.05) is 13.1 Å². The van der Waals surface area contributed by atoms with Gasteiger partial charge in [-0.25, -0.2) is 0 Å². The summed E-state index contributed by atoms with van der Waals surface area (Å²) >= 11 is 0. The molecule has 16 heavy (non-hydrogen) atoms. The van der Waals surface area contributed by atoms with E-state index in [0.29, 0.717) is 6.54 Å². The molecule has 2 nitrogen and oxygen atoms in total. The molecule has 1 aliphatic heterocycles. The molecule has 0 unspecified atom stereocenters. The monoisotopic (exact) mass is 217 g/mol. The second-order valence-electron chi connectivity index (χ2n) is 4.60. The second-order valence-corrected chi connectivity index (χ2v) is 4.60. The minimum absolute atomic E-state index is 0.0542. The number of quaternary nitrogens is 1. The van der Waals surface area contributed by atoms with E-state index in [1.165, 1.54) is 5.57 Å². The van der Waals surface area contributed by atoms with E-state index in [0.717, 1.165) is 31.5 Å². The van der Waals surface area contributed by atoms with Crippen LogP contribution >= 0.6 is 0 Å². The topological polar surface area (TPSA) is 23.1 Å². The molecule has 0 bridgehead atoms. The van der Waals surface area contributed by atoms with Crippen molar-refractivity contribution in [1.29, 1.82) is 0 Å². The summed E-state index contributed by atoms with van der Waals surface area (Å²) in [5, 5.41) is 12.5. The van der Waals surface area contributed by atoms with Gasteiger partial charge < -0.3 is 9.85 Å². The molecular weight excluding hydrogens is 198 g/mol. The average Bonchev–Trinajstić information content (AvgIpc) is 2.31. The van der Waals surface area contributed by atoms with Crippen molar-refractivity contribution in [3.8, 4) is 0 Å². The first-order chi connectivity index (χ1) is 7.72. The van der Waals surface area contributed by atoms with E-state index in [9.17, 15) is 5.21 Å². The van der Waals surface area contributed by atoms with Crippen molar-refractivity contribution in [2.24, 2.45) is 0 Å². The molecule has 1 heterocycles. The Labute approximate surface area is 97.4 Å². The summed E-state index contributed by atoms with van der Waals surface area (Å²) < 4.78 is -0.0542. The highest BCUT2D eigenvalue weighted by Crippen LogP contribution is 2.24. The van der Waals surface area contributed by atoms with Crippen molar-refractivity contribution >= 4 is 0 Å². The molecule has 86 valence electrons. The Morgan fingerprint density at radius 2 is 1.81 bits per heavy atom. The Kier molecular flexibility index (Phi) is 3.42.